The van der Waals surface area contributed by atoms with Crippen LogP contribution in [0.15, 0.2) is 18.2 Å². The van der Waals surface area contributed by atoms with Crippen LogP contribution < -0.4 is 0 Å². The summed E-state index contributed by atoms with van der Waals surface area (Å²) in [7, 11) is 0. The SMILES string of the molecule is Cc1cccc(-c2nsc(Cl)n2)c1C. The first-order valence-electron chi connectivity index (χ1n) is 4.24. The van der Waals surface area contributed by atoms with E-state index in [1.807, 2.05) is 12.1 Å². The summed E-state index contributed by atoms with van der Waals surface area (Å²) in [5.41, 5.74) is 3.52. The Morgan fingerprint density at radius 3 is 2.71 bits per heavy atom. The molecule has 0 unspecified atom stereocenters. The van der Waals surface area contributed by atoms with Gasteiger partial charge in [-0.05, 0) is 48.1 Å². The Kier molecular flexibility index (Phi) is 2.52. The average Bonchev–Trinajstić information content (AvgIpc) is 2.57. The van der Waals surface area contributed by atoms with Crippen LogP contribution in [0.4, 0.5) is 0 Å². The second-order valence-corrected chi connectivity index (χ2v) is 4.45. The van der Waals surface area contributed by atoms with Crippen LogP contribution in [0.1, 0.15) is 11.1 Å². The number of rotatable bonds is 1. The van der Waals surface area contributed by atoms with Gasteiger partial charge in [0.05, 0.1) is 0 Å². The van der Waals surface area contributed by atoms with Crippen molar-refractivity contribution in [2.75, 3.05) is 0 Å². The maximum Gasteiger partial charge on any atom is 0.203 e. The Bertz CT molecular complexity index is 465. The predicted molar refractivity (Wildman–Crippen MR) is 59.8 cm³/mol. The molecule has 0 aliphatic rings. The number of aromatic nitrogens is 2. The van der Waals surface area contributed by atoms with Crippen molar-refractivity contribution in [3.05, 3.63) is 33.8 Å². The van der Waals surface area contributed by atoms with E-state index in [0.717, 1.165) is 11.4 Å². The lowest BCUT2D eigenvalue weighted by Crippen LogP contribution is -1.88. The Balaban J connectivity index is 2.57. The van der Waals surface area contributed by atoms with E-state index in [4.69, 9.17) is 11.6 Å². The van der Waals surface area contributed by atoms with Crippen molar-refractivity contribution in [1.82, 2.24) is 9.36 Å². The molecule has 1 aromatic carbocycles. The van der Waals surface area contributed by atoms with Crippen LogP contribution in [0.5, 0.6) is 0 Å². The molecule has 1 aromatic heterocycles. The summed E-state index contributed by atoms with van der Waals surface area (Å²) in [6, 6.07) is 6.10. The smallest absolute Gasteiger partial charge is 0.203 e. The Labute approximate surface area is 91.7 Å². The number of halogens is 1. The molecule has 2 aromatic rings. The summed E-state index contributed by atoms with van der Waals surface area (Å²) in [6.45, 7) is 4.15. The molecule has 0 N–H and O–H groups in total. The fourth-order valence-electron chi connectivity index (χ4n) is 1.31. The van der Waals surface area contributed by atoms with Crippen molar-refractivity contribution in [2.24, 2.45) is 0 Å². The van der Waals surface area contributed by atoms with Gasteiger partial charge in [0, 0.05) is 5.56 Å². The lowest BCUT2D eigenvalue weighted by Gasteiger charge is -2.03. The first kappa shape index (κ1) is 9.62. The zero-order valence-corrected chi connectivity index (χ0v) is 9.49. The van der Waals surface area contributed by atoms with Crippen molar-refractivity contribution in [1.29, 1.82) is 0 Å². The minimum absolute atomic E-state index is 0.487. The molecule has 0 saturated heterocycles. The van der Waals surface area contributed by atoms with Gasteiger partial charge in [-0.25, -0.2) is 4.98 Å². The average molecular weight is 225 g/mol. The van der Waals surface area contributed by atoms with Gasteiger partial charge in [0.25, 0.3) is 0 Å². The zero-order valence-electron chi connectivity index (χ0n) is 7.91. The van der Waals surface area contributed by atoms with Crippen LogP contribution in [-0.2, 0) is 0 Å². The van der Waals surface area contributed by atoms with Gasteiger partial charge in [0.15, 0.2) is 5.82 Å². The van der Waals surface area contributed by atoms with E-state index in [1.165, 1.54) is 22.7 Å². The molecule has 72 valence electrons. The highest BCUT2D eigenvalue weighted by Gasteiger charge is 2.08. The quantitative estimate of drug-likeness (QED) is 0.741. The molecule has 0 atom stereocenters. The summed E-state index contributed by atoms with van der Waals surface area (Å²) in [6.07, 6.45) is 0. The fraction of sp³-hybridized carbons (Fsp3) is 0.200. The van der Waals surface area contributed by atoms with E-state index in [2.05, 4.69) is 29.3 Å². The molecular formula is C10H9ClN2S. The Morgan fingerprint density at radius 1 is 1.29 bits per heavy atom. The molecule has 4 heteroatoms. The Morgan fingerprint density at radius 2 is 2.07 bits per heavy atom. The molecule has 2 rings (SSSR count). The number of hydrogen-bond acceptors (Lipinski definition) is 3. The van der Waals surface area contributed by atoms with Gasteiger partial charge in [-0.15, -0.1) is 0 Å². The Hall–Kier alpha value is -0.930. The second kappa shape index (κ2) is 3.67. The predicted octanol–water partition coefficient (Wildman–Crippen LogP) is 3.48. The van der Waals surface area contributed by atoms with E-state index in [9.17, 15) is 0 Å². The topological polar surface area (TPSA) is 25.8 Å². The highest BCUT2D eigenvalue weighted by molar-refractivity contribution is 7.10. The lowest BCUT2D eigenvalue weighted by atomic mass is 10.0. The first-order chi connectivity index (χ1) is 6.68. The molecule has 0 amide bonds. The van der Waals surface area contributed by atoms with Gasteiger partial charge in [0.1, 0.15) is 0 Å². The highest BCUT2D eigenvalue weighted by Crippen LogP contribution is 2.25. The summed E-state index contributed by atoms with van der Waals surface area (Å²) < 4.78 is 4.67. The largest absolute Gasteiger partial charge is 0.203 e. The summed E-state index contributed by atoms with van der Waals surface area (Å²) in [5.74, 6) is 0.723. The molecule has 14 heavy (non-hydrogen) atoms. The van der Waals surface area contributed by atoms with Crippen LogP contribution in [0, 0.1) is 13.8 Å². The number of aryl methyl sites for hydroxylation is 1. The molecule has 0 spiro atoms. The van der Waals surface area contributed by atoms with Crippen molar-refractivity contribution in [2.45, 2.75) is 13.8 Å². The normalized spacial score (nSPS) is 10.5. The number of hydrogen-bond donors (Lipinski definition) is 0. The van der Waals surface area contributed by atoms with E-state index >= 15 is 0 Å². The summed E-state index contributed by atoms with van der Waals surface area (Å²) in [5, 5.41) is 0. The maximum atomic E-state index is 5.75. The lowest BCUT2D eigenvalue weighted by molar-refractivity contribution is 1.27. The van der Waals surface area contributed by atoms with Gasteiger partial charge in [-0.3, -0.25) is 0 Å². The molecule has 1 heterocycles. The molecule has 2 nitrogen and oxygen atoms in total. The van der Waals surface area contributed by atoms with E-state index in [1.54, 1.807) is 0 Å². The molecule has 0 fully saturated rings. The van der Waals surface area contributed by atoms with Gasteiger partial charge < -0.3 is 0 Å². The van der Waals surface area contributed by atoms with Crippen LogP contribution in [0.2, 0.25) is 4.47 Å². The number of benzene rings is 1. The number of nitrogens with zero attached hydrogens (tertiary/aromatic N) is 2. The van der Waals surface area contributed by atoms with Gasteiger partial charge in [-0.2, -0.15) is 4.37 Å². The molecule has 0 radical (unpaired) electrons. The highest BCUT2D eigenvalue weighted by atomic mass is 35.5. The van der Waals surface area contributed by atoms with Crippen LogP contribution >= 0.6 is 23.1 Å². The molecule has 0 aliphatic carbocycles. The monoisotopic (exact) mass is 224 g/mol. The first-order valence-corrected chi connectivity index (χ1v) is 5.39. The van der Waals surface area contributed by atoms with Crippen molar-refractivity contribution in [3.63, 3.8) is 0 Å². The zero-order chi connectivity index (χ0) is 10.1. The third-order valence-corrected chi connectivity index (χ3v) is 3.04. The standard InChI is InChI=1S/C10H9ClN2S/c1-6-4-3-5-8(7(6)2)9-12-10(11)14-13-9/h3-5H,1-2H3. The van der Waals surface area contributed by atoms with Gasteiger partial charge in [0.2, 0.25) is 4.47 Å². The van der Waals surface area contributed by atoms with Crippen LogP contribution in [-0.4, -0.2) is 9.36 Å². The minimum atomic E-state index is 0.487. The second-order valence-electron chi connectivity index (χ2n) is 3.12. The van der Waals surface area contributed by atoms with E-state index in [-0.39, 0.29) is 0 Å². The fourth-order valence-corrected chi connectivity index (χ4v) is 1.92. The third-order valence-electron chi connectivity index (χ3n) is 2.25. The minimum Gasteiger partial charge on any atom is -0.203 e. The molecular weight excluding hydrogens is 216 g/mol. The van der Waals surface area contributed by atoms with Gasteiger partial charge in [-0.1, -0.05) is 18.2 Å². The van der Waals surface area contributed by atoms with Crippen molar-refractivity contribution < 1.29 is 0 Å². The molecule has 0 saturated carbocycles. The summed E-state index contributed by atoms with van der Waals surface area (Å²) >= 11 is 6.97. The van der Waals surface area contributed by atoms with E-state index in [0.29, 0.717) is 4.47 Å². The van der Waals surface area contributed by atoms with Crippen LogP contribution in [0.3, 0.4) is 0 Å². The van der Waals surface area contributed by atoms with E-state index < -0.39 is 0 Å². The van der Waals surface area contributed by atoms with Gasteiger partial charge >= 0.3 is 0 Å². The van der Waals surface area contributed by atoms with Crippen molar-refractivity contribution in [3.8, 4) is 11.4 Å². The third kappa shape index (κ3) is 1.65. The van der Waals surface area contributed by atoms with Crippen LogP contribution in [0.25, 0.3) is 11.4 Å². The summed E-state index contributed by atoms with van der Waals surface area (Å²) in [4.78, 5) is 4.16. The molecule has 0 aliphatic heterocycles. The maximum absolute atomic E-state index is 5.75. The van der Waals surface area contributed by atoms with Crippen molar-refractivity contribution >= 4 is 23.1 Å². The molecule has 0 bridgehead atoms.